The van der Waals surface area contributed by atoms with Crippen molar-refractivity contribution < 1.29 is 4.79 Å². The largest absolute Gasteiger partial charge is 0.333 e. The van der Waals surface area contributed by atoms with Gasteiger partial charge in [0.2, 0.25) is 0 Å². The predicted molar refractivity (Wildman–Crippen MR) is 59.9 cm³/mol. The Morgan fingerprint density at radius 1 is 1.60 bits per heavy atom. The maximum absolute atomic E-state index is 11.6. The van der Waals surface area contributed by atoms with E-state index in [1.807, 2.05) is 18.0 Å². The number of rotatable bonds is 2. The number of thiazole rings is 1. The van der Waals surface area contributed by atoms with Crippen LogP contribution in [0, 0.1) is 6.92 Å². The van der Waals surface area contributed by atoms with Gasteiger partial charge >= 0.3 is 6.03 Å². The number of aryl methyl sites for hydroxylation is 1. The first-order valence-electron chi connectivity index (χ1n) is 5.20. The SMILES string of the molecule is Cc1ncc(CNC(=O)N2CCCC2)s1. The molecule has 1 fully saturated rings. The fourth-order valence-corrected chi connectivity index (χ4v) is 2.42. The van der Waals surface area contributed by atoms with E-state index in [4.69, 9.17) is 0 Å². The molecule has 1 aliphatic rings. The lowest BCUT2D eigenvalue weighted by Crippen LogP contribution is -2.37. The van der Waals surface area contributed by atoms with E-state index in [1.165, 1.54) is 0 Å². The molecule has 1 aromatic heterocycles. The second-order valence-corrected chi connectivity index (χ2v) is 5.02. The number of amides is 2. The third kappa shape index (κ3) is 2.68. The molecule has 2 heterocycles. The molecule has 1 saturated heterocycles. The van der Waals surface area contributed by atoms with Crippen LogP contribution in [-0.4, -0.2) is 29.0 Å². The number of aromatic nitrogens is 1. The molecule has 2 rings (SSSR count). The molecule has 15 heavy (non-hydrogen) atoms. The molecule has 1 aliphatic heterocycles. The zero-order chi connectivity index (χ0) is 10.7. The molecule has 0 unspecified atom stereocenters. The van der Waals surface area contributed by atoms with Crippen molar-refractivity contribution in [3.8, 4) is 0 Å². The summed E-state index contributed by atoms with van der Waals surface area (Å²) in [5.74, 6) is 0. The first-order chi connectivity index (χ1) is 7.25. The maximum atomic E-state index is 11.6. The summed E-state index contributed by atoms with van der Waals surface area (Å²) in [4.78, 5) is 18.8. The van der Waals surface area contributed by atoms with Gasteiger partial charge in [-0.3, -0.25) is 0 Å². The number of carbonyl (C=O) groups is 1. The van der Waals surface area contributed by atoms with Crippen molar-refractivity contribution in [2.24, 2.45) is 0 Å². The van der Waals surface area contributed by atoms with Crippen molar-refractivity contribution in [3.63, 3.8) is 0 Å². The molecule has 0 spiro atoms. The minimum atomic E-state index is 0.0542. The highest BCUT2D eigenvalue weighted by Crippen LogP contribution is 2.12. The van der Waals surface area contributed by atoms with Crippen molar-refractivity contribution in [3.05, 3.63) is 16.1 Å². The Bertz CT molecular complexity index is 344. The Kier molecular flexibility index (Phi) is 3.20. The van der Waals surface area contributed by atoms with Gasteiger partial charge in [-0.15, -0.1) is 11.3 Å². The van der Waals surface area contributed by atoms with Crippen LogP contribution in [0.25, 0.3) is 0 Å². The van der Waals surface area contributed by atoms with E-state index in [1.54, 1.807) is 11.3 Å². The van der Waals surface area contributed by atoms with Crippen LogP contribution < -0.4 is 5.32 Å². The van der Waals surface area contributed by atoms with Crippen LogP contribution in [0.15, 0.2) is 6.20 Å². The molecule has 0 aromatic carbocycles. The fourth-order valence-electron chi connectivity index (χ4n) is 1.68. The van der Waals surface area contributed by atoms with Crippen molar-refractivity contribution in [2.45, 2.75) is 26.3 Å². The van der Waals surface area contributed by atoms with Crippen LogP contribution in [-0.2, 0) is 6.54 Å². The third-order valence-corrected chi connectivity index (χ3v) is 3.39. The summed E-state index contributed by atoms with van der Waals surface area (Å²) >= 11 is 1.63. The van der Waals surface area contributed by atoms with Gasteiger partial charge < -0.3 is 10.2 Å². The Morgan fingerprint density at radius 3 is 2.93 bits per heavy atom. The average molecular weight is 225 g/mol. The monoisotopic (exact) mass is 225 g/mol. The van der Waals surface area contributed by atoms with E-state index in [0.29, 0.717) is 6.54 Å². The smallest absolute Gasteiger partial charge is 0.317 e. The van der Waals surface area contributed by atoms with Gasteiger partial charge in [0.05, 0.1) is 11.6 Å². The molecular formula is C10H15N3OS. The first-order valence-corrected chi connectivity index (χ1v) is 6.01. The zero-order valence-corrected chi connectivity index (χ0v) is 9.64. The van der Waals surface area contributed by atoms with E-state index in [9.17, 15) is 4.79 Å². The van der Waals surface area contributed by atoms with Crippen molar-refractivity contribution in [2.75, 3.05) is 13.1 Å². The third-order valence-electron chi connectivity index (χ3n) is 2.48. The quantitative estimate of drug-likeness (QED) is 0.833. The second kappa shape index (κ2) is 4.61. The number of nitrogens with one attached hydrogen (secondary N) is 1. The van der Waals surface area contributed by atoms with Crippen LogP contribution in [0.2, 0.25) is 0 Å². The number of hydrogen-bond donors (Lipinski definition) is 1. The van der Waals surface area contributed by atoms with Gasteiger partial charge in [0.25, 0.3) is 0 Å². The molecule has 2 amide bonds. The topological polar surface area (TPSA) is 45.2 Å². The number of hydrogen-bond acceptors (Lipinski definition) is 3. The minimum absolute atomic E-state index is 0.0542. The molecular weight excluding hydrogens is 210 g/mol. The lowest BCUT2D eigenvalue weighted by molar-refractivity contribution is 0.208. The van der Waals surface area contributed by atoms with Gasteiger partial charge in [0.15, 0.2) is 0 Å². The van der Waals surface area contributed by atoms with E-state index in [2.05, 4.69) is 10.3 Å². The lowest BCUT2D eigenvalue weighted by atomic mass is 10.4. The Hall–Kier alpha value is -1.10. The zero-order valence-electron chi connectivity index (χ0n) is 8.82. The van der Waals surface area contributed by atoms with Crippen molar-refractivity contribution >= 4 is 17.4 Å². The Balaban J connectivity index is 1.80. The molecule has 1 aromatic rings. The number of likely N-dealkylation sites (tertiary alicyclic amines) is 1. The van der Waals surface area contributed by atoms with Crippen molar-refractivity contribution in [1.29, 1.82) is 0 Å². The van der Waals surface area contributed by atoms with E-state index in [-0.39, 0.29) is 6.03 Å². The summed E-state index contributed by atoms with van der Waals surface area (Å²) in [5, 5.41) is 3.95. The van der Waals surface area contributed by atoms with E-state index < -0.39 is 0 Å². The van der Waals surface area contributed by atoms with E-state index >= 15 is 0 Å². The van der Waals surface area contributed by atoms with Gasteiger partial charge in [0.1, 0.15) is 0 Å². The van der Waals surface area contributed by atoms with Crippen LogP contribution in [0.3, 0.4) is 0 Å². The van der Waals surface area contributed by atoms with Gasteiger partial charge in [0, 0.05) is 24.2 Å². The summed E-state index contributed by atoms with van der Waals surface area (Å²) in [6.07, 6.45) is 4.09. The summed E-state index contributed by atoms with van der Waals surface area (Å²) < 4.78 is 0. The molecule has 0 radical (unpaired) electrons. The Morgan fingerprint density at radius 2 is 2.33 bits per heavy atom. The molecule has 0 saturated carbocycles. The summed E-state index contributed by atoms with van der Waals surface area (Å²) in [5.41, 5.74) is 0. The second-order valence-electron chi connectivity index (χ2n) is 3.70. The highest BCUT2D eigenvalue weighted by Gasteiger charge is 2.17. The molecule has 0 aliphatic carbocycles. The van der Waals surface area contributed by atoms with Crippen LogP contribution in [0.4, 0.5) is 4.79 Å². The summed E-state index contributed by atoms with van der Waals surface area (Å²) in [6, 6.07) is 0.0542. The van der Waals surface area contributed by atoms with Crippen LogP contribution >= 0.6 is 11.3 Å². The average Bonchev–Trinajstić information content (AvgIpc) is 2.84. The molecule has 5 heteroatoms. The van der Waals surface area contributed by atoms with Gasteiger partial charge in [-0.05, 0) is 19.8 Å². The standard InChI is InChI=1S/C10H15N3OS/c1-8-11-6-9(15-8)7-12-10(14)13-4-2-3-5-13/h6H,2-5,7H2,1H3,(H,12,14). The first kappa shape index (κ1) is 10.4. The maximum Gasteiger partial charge on any atom is 0.317 e. The molecule has 0 bridgehead atoms. The number of carbonyl (C=O) groups excluding carboxylic acids is 1. The highest BCUT2D eigenvalue weighted by atomic mass is 32.1. The van der Waals surface area contributed by atoms with Crippen LogP contribution in [0.1, 0.15) is 22.7 Å². The van der Waals surface area contributed by atoms with Gasteiger partial charge in [-0.2, -0.15) is 0 Å². The number of nitrogens with zero attached hydrogens (tertiary/aromatic N) is 2. The molecule has 82 valence electrons. The number of urea groups is 1. The molecule has 4 nitrogen and oxygen atoms in total. The van der Waals surface area contributed by atoms with Gasteiger partial charge in [-0.25, -0.2) is 9.78 Å². The minimum Gasteiger partial charge on any atom is -0.333 e. The Labute approximate surface area is 93.3 Å². The fraction of sp³-hybridized carbons (Fsp3) is 0.600. The molecule has 1 N–H and O–H groups in total. The predicted octanol–water partition coefficient (Wildman–Crippen LogP) is 1.76. The molecule has 0 atom stereocenters. The van der Waals surface area contributed by atoms with Gasteiger partial charge in [-0.1, -0.05) is 0 Å². The van der Waals surface area contributed by atoms with E-state index in [0.717, 1.165) is 35.8 Å². The normalized spacial score (nSPS) is 15.7. The van der Waals surface area contributed by atoms with Crippen molar-refractivity contribution in [1.82, 2.24) is 15.2 Å². The lowest BCUT2D eigenvalue weighted by Gasteiger charge is -2.15. The summed E-state index contributed by atoms with van der Waals surface area (Å²) in [7, 11) is 0. The van der Waals surface area contributed by atoms with Crippen LogP contribution in [0.5, 0.6) is 0 Å². The summed E-state index contributed by atoms with van der Waals surface area (Å²) in [6.45, 7) is 4.36. The highest BCUT2D eigenvalue weighted by molar-refractivity contribution is 7.11.